The maximum atomic E-state index is 13.0. The van der Waals surface area contributed by atoms with Crippen molar-refractivity contribution in [1.82, 2.24) is 15.2 Å². The highest BCUT2D eigenvalue weighted by Gasteiger charge is 2.36. The monoisotopic (exact) mass is 646 g/mol. The zero-order valence-corrected chi connectivity index (χ0v) is 27.1. The number of urea groups is 1. The van der Waals surface area contributed by atoms with Gasteiger partial charge in [-0.2, -0.15) is 13.2 Å². The maximum Gasteiger partial charge on any atom is 0.407 e. The van der Waals surface area contributed by atoms with E-state index in [1.54, 1.807) is 0 Å². The summed E-state index contributed by atoms with van der Waals surface area (Å²) in [6.45, 7) is 11.9. The molecule has 5 rings (SSSR count). The minimum absolute atomic E-state index is 0.0836. The fourth-order valence-corrected chi connectivity index (χ4v) is 6.28. The van der Waals surface area contributed by atoms with Gasteiger partial charge in [-0.3, -0.25) is 0 Å². The van der Waals surface area contributed by atoms with Crippen LogP contribution in [-0.2, 0) is 9.47 Å². The molecule has 3 amide bonds. The number of ether oxygens (including phenoxy) is 2. The Morgan fingerprint density at radius 1 is 0.978 bits per heavy atom. The van der Waals surface area contributed by atoms with E-state index < -0.39 is 36.2 Å². The van der Waals surface area contributed by atoms with E-state index in [2.05, 4.69) is 20.4 Å². The molecule has 0 spiro atoms. The molecule has 46 heavy (non-hydrogen) atoms. The lowest BCUT2D eigenvalue weighted by Crippen LogP contribution is -2.49. The number of carbonyl (C=O) groups excluding carboxylic acids is 2. The zero-order chi connectivity index (χ0) is 33.1. The van der Waals surface area contributed by atoms with Crippen LogP contribution in [0.15, 0.2) is 30.3 Å². The van der Waals surface area contributed by atoms with Crippen LogP contribution in [0.4, 0.5) is 40.1 Å². The third-order valence-electron chi connectivity index (χ3n) is 8.49. The number of nitrogens with zero attached hydrogens (tertiary/aromatic N) is 4. The Bertz CT molecular complexity index is 1390. The summed E-state index contributed by atoms with van der Waals surface area (Å²) in [5, 5.41) is 5.91. The van der Waals surface area contributed by atoms with Gasteiger partial charge < -0.3 is 34.8 Å². The third kappa shape index (κ3) is 9.17. The van der Waals surface area contributed by atoms with Crippen molar-refractivity contribution in [3.05, 3.63) is 35.9 Å². The van der Waals surface area contributed by atoms with Crippen molar-refractivity contribution in [2.45, 2.75) is 71.2 Å². The topological polar surface area (TPSA) is 99.3 Å². The number of morpholine rings is 1. The molecule has 0 saturated carbocycles. The minimum atomic E-state index is -4.24. The summed E-state index contributed by atoms with van der Waals surface area (Å²) in [7, 11) is 0. The molecule has 4 heterocycles. The molecule has 0 radical (unpaired) electrons. The van der Waals surface area contributed by atoms with Crippen LogP contribution in [-0.4, -0.2) is 92.3 Å². The number of amides is 3. The van der Waals surface area contributed by atoms with Gasteiger partial charge in [0.2, 0.25) is 0 Å². The molecule has 0 aliphatic carbocycles. The highest BCUT2D eigenvalue weighted by molar-refractivity contribution is 5.91. The van der Waals surface area contributed by atoms with Crippen LogP contribution in [0.3, 0.4) is 0 Å². The molecule has 1 aromatic heterocycles. The molecule has 2 atom stereocenters. The molecule has 1 aromatic carbocycles. The highest BCUT2D eigenvalue weighted by Crippen LogP contribution is 2.34. The van der Waals surface area contributed by atoms with E-state index in [1.165, 1.54) is 4.90 Å². The van der Waals surface area contributed by atoms with Crippen LogP contribution in [0.25, 0.3) is 11.1 Å². The first-order chi connectivity index (χ1) is 21.7. The second kappa shape index (κ2) is 13.9. The van der Waals surface area contributed by atoms with Gasteiger partial charge in [-0.25, -0.2) is 14.6 Å². The smallest absolute Gasteiger partial charge is 0.407 e. The number of likely N-dealkylation sites (tertiary alicyclic amines) is 1. The van der Waals surface area contributed by atoms with E-state index in [0.29, 0.717) is 51.5 Å². The number of carbonyl (C=O) groups is 2. The SMILES string of the molecule is Cc1ccc(NC(=O)N2CC[C@@H](CC(F)(F)F)C2)cc1-c1cc(N2CCOCC2)nc(N2CCC[C@H](NC(=O)OC(C)(C)C)C2)c1. The number of anilines is 3. The quantitative estimate of drug-likeness (QED) is 0.386. The zero-order valence-electron chi connectivity index (χ0n) is 27.1. The average Bonchev–Trinajstić information content (AvgIpc) is 3.44. The Balaban J connectivity index is 1.37. The lowest BCUT2D eigenvalue weighted by Gasteiger charge is -2.35. The van der Waals surface area contributed by atoms with Gasteiger partial charge in [0.05, 0.1) is 13.2 Å². The molecule has 10 nitrogen and oxygen atoms in total. The molecular weight excluding hydrogens is 601 g/mol. The maximum absolute atomic E-state index is 13.0. The molecule has 252 valence electrons. The number of alkyl carbamates (subject to hydrolysis) is 1. The Morgan fingerprint density at radius 3 is 2.39 bits per heavy atom. The van der Waals surface area contributed by atoms with Crippen molar-refractivity contribution in [2.75, 3.05) is 67.6 Å². The minimum Gasteiger partial charge on any atom is -0.444 e. The van der Waals surface area contributed by atoms with E-state index >= 15 is 0 Å². The van der Waals surface area contributed by atoms with Crippen molar-refractivity contribution < 1.29 is 32.2 Å². The molecule has 2 aromatic rings. The molecule has 3 aliphatic heterocycles. The van der Waals surface area contributed by atoms with Gasteiger partial charge in [0.25, 0.3) is 0 Å². The largest absolute Gasteiger partial charge is 0.444 e. The second-order valence-electron chi connectivity index (χ2n) is 13.5. The summed E-state index contributed by atoms with van der Waals surface area (Å²) in [4.78, 5) is 36.4. The lowest BCUT2D eigenvalue weighted by atomic mass is 9.99. The number of aromatic nitrogens is 1. The first kappa shape index (κ1) is 33.6. The number of pyridine rings is 1. The van der Waals surface area contributed by atoms with Crippen LogP contribution < -0.4 is 20.4 Å². The van der Waals surface area contributed by atoms with Gasteiger partial charge >= 0.3 is 18.3 Å². The predicted octanol–water partition coefficient (Wildman–Crippen LogP) is 6.19. The number of halogens is 3. The number of benzene rings is 1. The van der Waals surface area contributed by atoms with E-state index in [4.69, 9.17) is 14.5 Å². The van der Waals surface area contributed by atoms with E-state index in [0.717, 1.165) is 47.7 Å². The van der Waals surface area contributed by atoms with Crippen molar-refractivity contribution >= 4 is 29.4 Å². The van der Waals surface area contributed by atoms with E-state index in [1.807, 2.05) is 58.0 Å². The first-order valence-corrected chi connectivity index (χ1v) is 16.1. The van der Waals surface area contributed by atoms with Gasteiger partial charge in [0, 0.05) is 57.4 Å². The molecule has 3 saturated heterocycles. The number of rotatable bonds is 6. The number of hydrogen-bond acceptors (Lipinski definition) is 7. The van der Waals surface area contributed by atoms with Gasteiger partial charge in [-0.15, -0.1) is 0 Å². The third-order valence-corrected chi connectivity index (χ3v) is 8.49. The number of nitrogens with one attached hydrogen (secondary N) is 2. The number of piperidine rings is 1. The van der Waals surface area contributed by atoms with Crippen molar-refractivity contribution in [3.8, 4) is 11.1 Å². The predicted molar refractivity (Wildman–Crippen MR) is 171 cm³/mol. The summed E-state index contributed by atoms with van der Waals surface area (Å²) in [5.74, 6) is 1.03. The van der Waals surface area contributed by atoms with Crippen molar-refractivity contribution in [1.29, 1.82) is 0 Å². The molecule has 0 bridgehead atoms. The Hall–Kier alpha value is -3.74. The summed E-state index contributed by atoms with van der Waals surface area (Å²) >= 11 is 0. The van der Waals surface area contributed by atoms with Gasteiger partial charge in [0.15, 0.2) is 0 Å². The van der Waals surface area contributed by atoms with Gasteiger partial charge in [-0.05, 0) is 93.8 Å². The number of alkyl halides is 3. The van der Waals surface area contributed by atoms with E-state index in [9.17, 15) is 22.8 Å². The van der Waals surface area contributed by atoms with Crippen LogP contribution >= 0.6 is 0 Å². The normalized spacial score (nSPS) is 20.9. The Labute approximate surface area is 268 Å². The first-order valence-electron chi connectivity index (χ1n) is 16.1. The molecule has 3 fully saturated rings. The highest BCUT2D eigenvalue weighted by atomic mass is 19.4. The summed E-state index contributed by atoms with van der Waals surface area (Å²) < 4.78 is 49.7. The van der Waals surface area contributed by atoms with Crippen molar-refractivity contribution in [2.24, 2.45) is 5.92 Å². The lowest BCUT2D eigenvalue weighted by molar-refractivity contribution is -0.143. The van der Waals surface area contributed by atoms with Crippen LogP contribution in [0, 0.1) is 12.8 Å². The Morgan fingerprint density at radius 2 is 1.70 bits per heavy atom. The fraction of sp³-hybridized carbons (Fsp3) is 0.606. The molecule has 3 aliphatic rings. The number of aryl methyl sites for hydroxylation is 1. The van der Waals surface area contributed by atoms with Crippen LogP contribution in [0.1, 0.15) is 52.0 Å². The summed E-state index contributed by atoms with van der Waals surface area (Å²) in [6.07, 6.45) is -3.51. The van der Waals surface area contributed by atoms with Crippen molar-refractivity contribution in [3.63, 3.8) is 0 Å². The standard InChI is InChI=1S/C33H45F3N6O4/c1-22-7-8-25(37-30(43)42-11-9-23(20-42)19-33(34,35)36)18-27(22)24-16-28(40-12-14-45-15-13-40)39-29(17-24)41-10-5-6-26(21-41)38-31(44)46-32(2,3)4/h7-8,16-18,23,26H,5-6,9-15,19-21H2,1-4H3,(H,37,43)(H,38,44)/t23-,26-/m0/s1. The summed E-state index contributed by atoms with van der Waals surface area (Å²) in [5.41, 5.74) is 2.81. The second-order valence-corrected chi connectivity index (χ2v) is 13.5. The molecule has 13 heteroatoms. The van der Waals surface area contributed by atoms with Crippen LogP contribution in [0.2, 0.25) is 0 Å². The Kier molecular flexibility index (Phi) is 10.2. The molecule has 2 N–H and O–H groups in total. The van der Waals surface area contributed by atoms with Gasteiger partial charge in [-0.1, -0.05) is 6.07 Å². The molecule has 0 unspecified atom stereocenters. The fourth-order valence-electron chi connectivity index (χ4n) is 6.28. The number of hydrogen-bond donors (Lipinski definition) is 2. The molecular formula is C33H45F3N6O4. The van der Waals surface area contributed by atoms with E-state index in [-0.39, 0.29) is 12.6 Å². The average molecular weight is 647 g/mol. The summed E-state index contributed by atoms with van der Waals surface area (Å²) in [6, 6.07) is 9.23. The van der Waals surface area contributed by atoms with Crippen LogP contribution in [0.5, 0.6) is 0 Å². The van der Waals surface area contributed by atoms with Gasteiger partial charge in [0.1, 0.15) is 17.2 Å².